The third kappa shape index (κ3) is 4.46. The molecule has 42 heavy (non-hydrogen) atoms. The van der Waals surface area contributed by atoms with Crippen LogP contribution in [-0.2, 0) is 19.1 Å². The van der Waals surface area contributed by atoms with Crippen molar-refractivity contribution in [2.45, 2.75) is 120 Å². The first-order valence-corrected chi connectivity index (χ1v) is 16.8. The Bertz CT molecular complexity index is 1160. The van der Waals surface area contributed by atoms with E-state index in [1.165, 1.54) is 5.57 Å². The number of amides is 1. The predicted molar refractivity (Wildman–Crippen MR) is 165 cm³/mol. The van der Waals surface area contributed by atoms with Crippen LogP contribution in [0, 0.1) is 56.2 Å². The summed E-state index contributed by atoms with van der Waals surface area (Å²) in [4.78, 5) is 40.4. The lowest BCUT2D eigenvalue weighted by molar-refractivity contribution is -0.195. The van der Waals surface area contributed by atoms with Crippen molar-refractivity contribution < 1.29 is 24.2 Å². The molecule has 4 fully saturated rings. The van der Waals surface area contributed by atoms with Gasteiger partial charge in [0, 0.05) is 25.2 Å². The lowest BCUT2D eigenvalue weighted by Gasteiger charge is -2.70. The second-order valence-electron chi connectivity index (χ2n) is 16.9. The van der Waals surface area contributed by atoms with Crippen molar-refractivity contribution in [2.75, 3.05) is 19.8 Å². The van der Waals surface area contributed by atoms with Crippen LogP contribution in [0.25, 0.3) is 0 Å². The maximum atomic E-state index is 13.9. The van der Waals surface area contributed by atoms with E-state index >= 15 is 0 Å². The highest BCUT2D eigenvalue weighted by molar-refractivity contribution is 6.04. The van der Waals surface area contributed by atoms with Gasteiger partial charge >= 0.3 is 5.97 Å². The lowest BCUT2D eigenvalue weighted by atomic mass is 9.33. The Hall–Kier alpha value is -1.69. The molecule has 6 heteroatoms. The average molecular weight is 584 g/mol. The second-order valence-corrected chi connectivity index (χ2v) is 16.9. The summed E-state index contributed by atoms with van der Waals surface area (Å²) >= 11 is 0. The van der Waals surface area contributed by atoms with Gasteiger partial charge in [-0.15, -0.1) is 0 Å². The third-order valence-electron chi connectivity index (χ3n) is 14.1. The molecule has 4 saturated carbocycles. The van der Waals surface area contributed by atoms with Crippen LogP contribution in [0.15, 0.2) is 11.6 Å². The van der Waals surface area contributed by atoms with E-state index in [1.54, 1.807) is 0 Å². The third-order valence-corrected chi connectivity index (χ3v) is 14.1. The van der Waals surface area contributed by atoms with Gasteiger partial charge in [0.15, 0.2) is 5.78 Å². The summed E-state index contributed by atoms with van der Waals surface area (Å²) in [7, 11) is 0. The van der Waals surface area contributed by atoms with Crippen LogP contribution in [-0.4, -0.2) is 42.5 Å². The number of rotatable bonds is 7. The Morgan fingerprint density at radius 1 is 0.976 bits per heavy atom. The fourth-order valence-electron chi connectivity index (χ4n) is 11.5. The fourth-order valence-corrected chi connectivity index (χ4v) is 11.5. The van der Waals surface area contributed by atoms with Crippen molar-refractivity contribution in [3.8, 4) is 0 Å². The first-order chi connectivity index (χ1) is 19.5. The number of carboxylic acid groups (broad SMARTS) is 1. The number of hydrogen-bond acceptors (Lipinski definition) is 4. The normalized spacial score (nSPS) is 43.6. The number of ketones is 1. The van der Waals surface area contributed by atoms with Gasteiger partial charge in [-0.3, -0.25) is 14.4 Å². The van der Waals surface area contributed by atoms with Gasteiger partial charge in [-0.1, -0.05) is 60.1 Å². The molecule has 0 radical (unpaired) electrons. The molecule has 0 saturated heterocycles. The minimum absolute atomic E-state index is 0.0103. The summed E-state index contributed by atoms with van der Waals surface area (Å²) in [6, 6.07) is 0. The van der Waals surface area contributed by atoms with Gasteiger partial charge in [0.25, 0.3) is 0 Å². The fraction of sp³-hybridized carbons (Fsp3) is 0.861. The minimum atomic E-state index is -0.643. The summed E-state index contributed by atoms with van der Waals surface area (Å²) in [5.74, 6) is -0.597. The van der Waals surface area contributed by atoms with Gasteiger partial charge in [-0.25, -0.2) is 0 Å². The molecule has 0 aromatic rings. The molecule has 5 rings (SSSR count). The maximum Gasteiger partial charge on any atom is 0.310 e. The number of ether oxygens (including phenoxy) is 1. The van der Waals surface area contributed by atoms with Gasteiger partial charge in [0.1, 0.15) is 0 Å². The molecule has 8 atom stereocenters. The molecule has 0 aromatic carbocycles. The SMILES string of the molecule is CCOCCCNC(=O)C1C[C@@]2(C)C(CC[C@]3(C)C2CC=C2C4CC(C)(C)CC[C@]4(C(=O)O)CC[C@]23C)C(C)(C)C1=O. The molecule has 4 unspecified atom stereocenters. The quantitative estimate of drug-likeness (QED) is 0.188. The summed E-state index contributed by atoms with van der Waals surface area (Å²) < 4.78 is 5.43. The minimum Gasteiger partial charge on any atom is -0.481 e. The van der Waals surface area contributed by atoms with E-state index in [9.17, 15) is 19.5 Å². The Balaban J connectivity index is 1.49. The first kappa shape index (κ1) is 31.7. The molecule has 1 amide bonds. The molecule has 236 valence electrons. The number of carbonyl (C=O) groups is 3. The van der Waals surface area contributed by atoms with Crippen molar-refractivity contribution in [1.82, 2.24) is 5.32 Å². The molecular formula is C36H57NO5. The van der Waals surface area contributed by atoms with E-state index in [0.29, 0.717) is 32.1 Å². The van der Waals surface area contributed by atoms with Crippen molar-refractivity contribution in [3.05, 3.63) is 11.6 Å². The summed E-state index contributed by atoms with van der Waals surface area (Å²) in [5.41, 5.74) is 0.102. The Morgan fingerprint density at radius 2 is 1.67 bits per heavy atom. The van der Waals surface area contributed by atoms with Crippen molar-refractivity contribution in [2.24, 2.45) is 56.2 Å². The van der Waals surface area contributed by atoms with E-state index in [2.05, 4.69) is 59.9 Å². The van der Waals surface area contributed by atoms with Crippen LogP contribution < -0.4 is 5.32 Å². The highest BCUT2D eigenvalue weighted by atomic mass is 16.5. The molecule has 0 bridgehead atoms. The van der Waals surface area contributed by atoms with Gasteiger partial charge in [0.2, 0.25) is 5.91 Å². The van der Waals surface area contributed by atoms with Gasteiger partial charge < -0.3 is 15.2 Å². The van der Waals surface area contributed by atoms with E-state index in [1.807, 2.05) is 6.92 Å². The lowest BCUT2D eigenvalue weighted by Crippen LogP contribution is -2.66. The Labute approximate surface area is 254 Å². The van der Waals surface area contributed by atoms with E-state index in [-0.39, 0.29) is 45.2 Å². The number of Topliss-reactive ketones (excluding diaryl/α,β-unsaturated/α-hetero) is 1. The predicted octanol–water partition coefficient (Wildman–Crippen LogP) is 7.21. The molecule has 0 aromatic heterocycles. The van der Waals surface area contributed by atoms with Crippen molar-refractivity contribution in [1.29, 1.82) is 0 Å². The zero-order chi connectivity index (χ0) is 30.9. The molecule has 0 spiro atoms. The highest BCUT2D eigenvalue weighted by Crippen LogP contribution is 2.75. The summed E-state index contributed by atoms with van der Waals surface area (Å²) in [5, 5.41) is 13.7. The number of carboxylic acids is 1. The number of nitrogens with one attached hydrogen (secondary N) is 1. The zero-order valence-corrected chi connectivity index (χ0v) is 27.7. The van der Waals surface area contributed by atoms with Gasteiger partial charge in [-0.2, -0.15) is 0 Å². The standard InChI is InChI=1S/C36H57NO5/c1-9-42-20-10-19-37-29(39)23-21-33(6)26(32(4,5)28(23)38)13-14-35(8)27(33)12-11-24-25-22-31(2,3)15-17-36(25,30(40)41)18-16-34(24,35)7/h11,23,25-27H,9-10,12-22H2,1-8H3,(H,37,39)(H,40,41)/t23?,25?,26?,27?,33-,34+,35+,36-/m0/s1. The molecule has 5 aliphatic rings. The van der Waals surface area contributed by atoms with Crippen LogP contribution in [0.4, 0.5) is 0 Å². The number of aliphatic carboxylic acids is 1. The van der Waals surface area contributed by atoms with Gasteiger partial charge in [-0.05, 0) is 111 Å². The van der Waals surface area contributed by atoms with Gasteiger partial charge in [0.05, 0.1) is 11.3 Å². The number of fused-ring (bicyclic) bond motifs is 7. The Morgan fingerprint density at radius 3 is 2.33 bits per heavy atom. The smallest absolute Gasteiger partial charge is 0.310 e. The van der Waals surface area contributed by atoms with Crippen molar-refractivity contribution >= 4 is 17.7 Å². The molecule has 0 heterocycles. The molecular weight excluding hydrogens is 526 g/mol. The number of allylic oxidation sites excluding steroid dienone is 2. The molecule has 5 aliphatic carbocycles. The summed E-state index contributed by atoms with van der Waals surface area (Å²) in [6.07, 6.45) is 11.1. The van der Waals surface area contributed by atoms with Crippen LogP contribution in [0.1, 0.15) is 120 Å². The van der Waals surface area contributed by atoms with E-state index in [0.717, 1.165) is 57.8 Å². The first-order valence-electron chi connectivity index (χ1n) is 16.8. The van der Waals surface area contributed by atoms with Crippen LogP contribution >= 0.6 is 0 Å². The van der Waals surface area contributed by atoms with Crippen LogP contribution in [0.3, 0.4) is 0 Å². The largest absolute Gasteiger partial charge is 0.481 e. The van der Waals surface area contributed by atoms with Crippen molar-refractivity contribution in [3.63, 3.8) is 0 Å². The number of carbonyl (C=O) groups excluding carboxylic acids is 2. The molecule has 0 aliphatic heterocycles. The van der Waals surface area contributed by atoms with Crippen LogP contribution in [0.2, 0.25) is 0 Å². The summed E-state index contributed by atoms with van der Waals surface area (Å²) in [6.45, 7) is 19.9. The second kappa shape index (κ2) is 10.4. The molecule has 2 N–H and O–H groups in total. The Kier molecular flexibility index (Phi) is 7.89. The van der Waals surface area contributed by atoms with E-state index in [4.69, 9.17) is 4.74 Å². The zero-order valence-electron chi connectivity index (χ0n) is 27.7. The molecule has 6 nitrogen and oxygen atoms in total. The average Bonchev–Trinajstić information content (AvgIpc) is 2.90. The highest BCUT2D eigenvalue weighted by Gasteiger charge is 2.70. The monoisotopic (exact) mass is 583 g/mol. The van der Waals surface area contributed by atoms with E-state index < -0.39 is 22.7 Å². The topological polar surface area (TPSA) is 92.7 Å². The number of hydrogen-bond donors (Lipinski definition) is 2. The van der Waals surface area contributed by atoms with Crippen LogP contribution in [0.5, 0.6) is 0 Å². The maximum absolute atomic E-state index is 13.9.